The van der Waals surface area contributed by atoms with Gasteiger partial charge in [-0.2, -0.15) is 0 Å². The van der Waals surface area contributed by atoms with E-state index in [0.29, 0.717) is 12.2 Å². The fraction of sp³-hybridized carbons (Fsp3) is 0.188. The smallest absolute Gasteiger partial charge is 0.184 e. The van der Waals surface area contributed by atoms with Crippen molar-refractivity contribution in [1.82, 2.24) is 0 Å². The number of nitrogens with two attached hydrogens (primary N) is 1. The molecule has 0 aliphatic carbocycles. The van der Waals surface area contributed by atoms with Gasteiger partial charge in [0.2, 0.25) is 0 Å². The van der Waals surface area contributed by atoms with E-state index >= 15 is 0 Å². The van der Waals surface area contributed by atoms with Gasteiger partial charge in [-0.15, -0.1) is 0 Å². The van der Waals surface area contributed by atoms with Gasteiger partial charge in [-0.05, 0) is 36.8 Å². The van der Waals surface area contributed by atoms with Crippen molar-refractivity contribution in [2.75, 3.05) is 6.61 Å². The van der Waals surface area contributed by atoms with E-state index in [4.69, 9.17) is 10.5 Å². The molecule has 0 fully saturated rings. The number of rotatable bonds is 5. The van der Waals surface area contributed by atoms with Gasteiger partial charge in [0.05, 0.1) is 12.6 Å². The molecule has 19 heavy (non-hydrogen) atoms. The quantitative estimate of drug-likeness (QED) is 0.836. The molecule has 0 aliphatic rings. The van der Waals surface area contributed by atoms with E-state index in [1.165, 1.54) is 0 Å². The SMILES string of the molecule is CCOc1ccc(C(=O)[C@H](N)c2ccccc2)cc1. The topological polar surface area (TPSA) is 52.3 Å². The van der Waals surface area contributed by atoms with E-state index in [9.17, 15) is 4.79 Å². The molecule has 0 saturated heterocycles. The summed E-state index contributed by atoms with van der Waals surface area (Å²) in [5.74, 6) is 0.668. The first-order valence-electron chi connectivity index (χ1n) is 6.30. The van der Waals surface area contributed by atoms with Gasteiger partial charge in [0.25, 0.3) is 0 Å². The van der Waals surface area contributed by atoms with Crippen molar-refractivity contribution < 1.29 is 9.53 Å². The van der Waals surface area contributed by atoms with Crippen molar-refractivity contribution in [2.45, 2.75) is 13.0 Å². The van der Waals surface area contributed by atoms with Gasteiger partial charge in [0.1, 0.15) is 5.75 Å². The van der Waals surface area contributed by atoms with Gasteiger partial charge in [-0.25, -0.2) is 0 Å². The van der Waals surface area contributed by atoms with Crippen molar-refractivity contribution >= 4 is 5.78 Å². The highest BCUT2D eigenvalue weighted by Crippen LogP contribution is 2.18. The molecule has 2 rings (SSSR count). The summed E-state index contributed by atoms with van der Waals surface area (Å²) in [6.45, 7) is 2.53. The first-order valence-corrected chi connectivity index (χ1v) is 6.30. The van der Waals surface area contributed by atoms with Crippen LogP contribution in [0.2, 0.25) is 0 Å². The minimum absolute atomic E-state index is 0.0887. The van der Waals surface area contributed by atoms with E-state index in [2.05, 4.69) is 0 Å². The Morgan fingerprint density at radius 3 is 2.32 bits per heavy atom. The molecule has 0 heterocycles. The Hall–Kier alpha value is -2.13. The van der Waals surface area contributed by atoms with E-state index in [-0.39, 0.29) is 5.78 Å². The second-order valence-electron chi connectivity index (χ2n) is 4.21. The van der Waals surface area contributed by atoms with Crippen molar-refractivity contribution in [3.63, 3.8) is 0 Å². The van der Waals surface area contributed by atoms with Crippen LogP contribution < -0.4 is 10.5 Å². The largest absolute Gasteiger partial charge is 0.494 e. The average molecular weight is 255 g/mol. The van der Waals surface area contributed by atoms with Crippen LogP contribution in [0.15, 0.2) is 54.6 Å². The fourth-order valence-electron chi connectivity index (χ4n) is 1.87. The Kier molecular flexibility index (Phi) is 4.31. The predicted molar refractivity (Wildman–Crippen MR) is 75.3 cm³/mol. The first-order chi connectivity index (χ1) is 9.22. The van der Waals surface area contributed by atoms with Crippen LogP contribution in [-0.2, 0) is 0 Å². The maximum absolute atomic E-state index is 12.2. The Balaban J connectivity index is 2.15. The van der Waals surface area contributed by atoms with Gasteiger partial charge in [-0.3, -0.25) is 4.79 Å². The zero-order valence-electron chi connectivity index (χ0n) is 10.9. The molecule has 0 aromatic heterocycles. The van der Waals surface area contributed by atoms with E-state index in [1.54, 1.807) is 24.3 Å². The van der Waals surface area contributed by atoms with Crippen molar-refractivity contribution in [3.05, 3.63) is 65.7 Å². The minimum Gasteiger partial charge on any atom is -0.494 e. The van der Waals surface area contributed by atoms with Crippen LogP contribution in [0, 0.1) is 0 Å². The van der Waals surface area contributed by atoms with Gasteiger partial charge >= 0.3 is 0 Å². The zero-order valence-corrected chi connectivity index (χ0v) is 10.9. The van der Waals surface area contributed by atoms with Gasteiger partial charge in [-0.1, -0.05) is 30.3 Å². The van der Waals surface area contributed by atoms with Crippen LogP contribution in [0.1, 0.15) is 28.9 Å². The third-order valence-corrected chi connectivity index (χ3v) is 2.89. The number of carbonyl (C=O) groups excluding carboxylic acids is 1. The number of ether oxygens (including phenoxy) is 1. The molecule has 0 amide bonds. The van der Waals surface area contributed by atoms with Gasteiger partial charge in [0.15, 0.2) is 5.78 Å². The van der Waals surface area contributed by atoms with Crippen molar-refractivity contribution in [2.24, 2.45) is 5.73 Å². The van der Waals surface area contributed by atoms with E-state index in [0.717, 1.165) is 11.3 Å². The summed E-state index contributed by atoms with van der Waals surface area (Å²) in [7, 11) is 0. The highest BCUT2D eigenvalue weighted by atomic mass is 16.5. The number of hydrogen-bond acceptors (Lipinski definition) is 3. The van der Waals surface area contributed by atoms with Crippen LogP contribution in [0.5, 0.6) is 5.75 Å². The van der Waals surface area contributed by atoms with Crippen LogP contribution >= 0.6 is 0 Å². The number of benzene rings is 2. The Bertz CT molecular complexity index is 534. The standard InChI is InChI=1S/C16H17NO2/c1-2-19-14-10-8-13(9-11-14)16(18)15(17)12-6-4-3-5-7-12/h3-11,15H,2,17H2,1H3/t15-/m1/s1. The lowest BCUT2D eigenvalue weighted by Gasteiger charge is -2.11. The molecule has 3 heteroatoms. The minimum atomic E-state index is -0.626. The predicted octanol–water partition coefficient (Wildman–Crippen LogP) is 2.97. The van der Waals surface area contributed by atoms with Crippen LogP contribution in [0.25, 0.3) is 0 Å². The summed E-state index contributed by atoms with van der Waals surface area (Å²) in [4.78, 5) is 12.2. The molecule has 0 radical (unpaired) electrons. The number of Topliss-reactive ketones (excluding diaryl/α,β-unsaturated/α-hetero) is 1. The second-order valence-corrected chi connectivity index (χ2v) is 4.21. The summed E-state index contributed by atoms with van der Waals surface area (Å²) in [5, 5.41) is 0. The first kappa shape index (κ1) is 13.3. The molecule has 0 saturated carbocycles. The molecule has 1 atom stereocenters. The number of hydrogen-bond donors (Lipinski definition) is 1. The molecule has 3 nitrogen and oxygen atoms in total. The Morgan fingerprint density at radius 2 is 1.74 bits per heavy atom. The highest BCUT2D eigenvalue weighted by Gasteiger charge is 2.17. The van der Waals surface area contributed by atoms with Crippen LogP contribution in [0.4, 0.5) is 0 Å². The Morgan fingerprint density at radius 1 is 1.11 bits per heavy atom. The third kappa shape index (κ3) is 3.20. The Labute approximate surface area is 113 Å². The molecule has 98 valence electrons. The summed E-state index contributed by atoms with van der Waals surface area (Å²) in [6.07, 6.45) is 0. The van der Waals surface area contributed by atoms with E-state index in [1.807, 2.05) is 37.3 Å². The van der Waals surface area contributed by atoms with Crippen LogP contribution in [-0.4, -0.2) is 12.4 Å². The zero-order chi connectivity index (χ0) is 13.7. The number of ketones is 1. The second kappa shape index (κ2) is 6.16. The summed E-state index contributed by atoms with van der Waals surface area (Å²) >= 11 is 0. The van der Waals surface area contributed by atoms with Crippen molar-refractivity contribution in [3.8, 4) is 5.75 Å². The van der Waals surface area contributed by atoms with Gasteiger partial charge in [0, 0.05) is 5.56 Å². The molecule has 0 spiro atoms. The average Bonchev–Trinajstić information content (AvgIpc) is 2.48. The number of carbonyl (C=O) groups is 1. The van der Waals surface area contributed by atoms with E-state index < -0.39 is 6.04 Å². The lowest BCUT2D eigenvalue weighted by molar-refractivity contribution is 0.0961. The van der Waals surface area contributed by atoms with Crippen molar-refractivity contribution in [1.29, 1.82) is 0 Å². The van der Waals surface area contributed by atoms with Crippen LogP contribution in [0.3, 0.4) is 0 Å². The maximum atomic E-state index is 12.2. The normalized spacial score (nSPS) is 11.9. The monoisotopic (exact) mass is 255 g/mol. The molecular formula is C16H17NO2. The summed E-state index contributed by atoms with van der Waals surface area (Å²) in [6, 6.07) is 15.8. The third-order valence-electron chi connectivity index (χ3n) is 2.89. The molecule has 2 N–H and O–H groups in total. The molecule has 0 aliphatic heterocycles. The molecule has 2 aromatic carbocycles. The molecular weight excluding hydrogens is 238 g/mol. The molecule has 2 aromatic rings. The fourth-order valence-corrected chi connectivity index (χ4v) is 1.87. The highest BCUT2D eigenvalue weighted by molar-refractivity contribution is 6.00. The lowest BCUT2D eigenvalue weighted by Crippen LogP contribution is -2.21. The maximum Gasteiger partial charge on any atom is 0.184 e. The molecule has 0 unspecified atom stereocenters. The molecule has 0 bridgehead atoms. The lowest BCUT2D eigenvalue weighted by atomic mass is 9.98. The summed E-state index contributed by atoms with van der Waals surface area (Å²) in [5.41, 5.74) is 7.40. The summed E-state index contributed by atoms with van der Waals surface area (Å²) < 4.78 is 5.34. The van der Waals surface area contributed by atoms with Gasteiger partial charge < -0.3 is 10.5 Å².